The molecule has 6 heteroatoms. The summed E-state index contributed by atoms with van der Waals surface area (Å²) in [7, 11) is 0. The maximum atomic E-state index is 10.8. The normalized spacial score (nSPS) is 10.8. The van der Waals surface area contributed by atoms with Gasteiger partial charge in [0.2, 0.25) is 0 Å². The molecular formula is C18H15ClN2O3. The number of non-ortho nitro benzene ring substituents is 1. The molecule has 0 N–H and O–H groups in total. The molecule has 24 heavy (non-hydrogen) atoms. The minimum absolute atomic E-state index is 0.0127. The summed E-state index contributed by atoms with van der Waals surface area (Å²) < 4.78 is 5.64. The van der Waals surface area contributed by atoms with Gasteiger partial charge in [0.25, 0.3) is 5.69 Å². The number of nitrogens with zero attached hydrogens (tertiary/aromatic N) is 2. The first-order chi connectivity index (χ1) is 11.5. The maximum Gasteiger partial charge on any atom is 0.273 e. The molecule has 0 radical (unpaired) electrons. The minimum atomic E-state index is -0.456. The molecule has 0 aliphatic rings. The molecule has 5 nitrogen and oxygen atoms in total. The molecule has 0 saturated carbocycles. The van der Waals surface area contributed by atoms with E-state index in [0.29, 0.717) is 10.9 Å². The Morgan fingerprint density at radius 1 is 1.21 bits per heavy atom. The number of aromatic nitrogens is 1. The zero-order chi connectivity index (χ0) is 17.3. The summed E-state index contributed by atoms with van der Waals surface area (Å²) in [6.07, 6.45) is 0. The van der Waals surface area contributed by atoms with Crippen molar-refractivity contribution in [3.05, 3.63) is 74.4 Å². The zero-order valence-electron chi connectivity index (χ0n) is 13.2. The van der Waals surface area contributed by atoms with Gasteiger partial charge in [-0.3, -0.25) is 10.1 Å². The Labute approximate surface area is 144 Å². The molecule has 0 amide bonds. The third kappa shape index (κ3) is 3.16. The Morgan fingerprint density at radius 3 is 2.75 bits per heavy atom. The molecule has 0 atom stereocenters. The molecule has 0 spiro atoms. The molecule has 0 unspecified atom stereocenters. The average Bonchev–Trinajstić information content (AvgIpc) is 2.57. The summed E-state index contributed by atoms with van der Waals surface area (Å²) >= 11 is 6.28. The van der Waals surface area contributed by atoms with Crippen molar-refractivity contribution in [3.8, 4) is 5.75 Å². The number of fused-ring (bicyclic) bond motifs is 1. The lowest BCUT2D eigenvalue weighted by Crippen LogP contribution is -1.99. The van der Waals surface area contributed by atoms with Crippen LogP contribution in [0.4, 0.5) is 5.69 Å². The fourth-order valence-corrected chi connectivity index (χ4v) is 2.65. The smallest absolute Gasteiger partial charge is 0.273 e. The van der Waals surface area contributed by atoms with E-state index in [9.17, 15) is 10.1 Å². The van der Waals surface area contributed by atoms with Gasteiger partial charge in [-0.25, -0.2) is 4.98 Å². The number of aryl methyl sites for hydroxylation is 2. The van der Waals surface area contributed by atoms with Crippen LogP contribution in [0.25, 0.3) is 10.9 Å². The van der Waals surface area contributed by atoms with Gasteiger partial charge in [0.15, 0.2) is 0 Å². The van der Waals surface area contributed by atoms with Crippen LogP contribution in [0.2, 0.25) is 5.15 Å². The van der Waals surface area contributed by atoms with E-state index < -0.39 is 4.92 Å². The molecule has 0 aliphatic carbocycles. The van der Waals surface area contributed by atoms with Gasteiger partial charge < -0.3 is 4.74 Å². The number of rotatable bonds is 4. The molecule has 2 aromatic carbocycles. The Bertz CT molecular complexity index is 941. The predicted molar refractivity (Wildman–Crippen MR) is 93.7 cm³/mol. The van der Waals surface area contributed by atoms with Crippen LogP contribution in [0, 0.1) is 24.0 Å². The van der Waals surface area contributed by atoms with Crippen LogP contribution < -0.4 is 4.74 Å². The molecule has 3 rings (SSSR count). The maximum absolute atomic E-state index is 10.8. The summed E-state index contributed by atoms with van der Waals surface area (Å²) in [4.78, 5) is 14.8. The number of benzene rings is 2. The predicted octanol–water partition coefficient (Wildman–Crippen LogP) is 4.99. The summed E-state index contributed by atoms with van der Waals surface area (Å²) in [5.41, 5.74) is 3.85. The van der Waals surface area contributed by atoms with Crippen LogP contribution in [0.3, 0.4) is 0 Å². The highest BCUT2D eigenvalue weighted by Crippen LogP contribution is 2.26. The second kappa shape index (κ2) is 6.45. The van der Waals surface area contributed by atoms with Gasteiger partial charge in [0, 0.05) is 17.0 Å². The first-order valence-electron chi connectivity index (χ1n) is 7.38. The van der Waals surface area contributed by atoms with Gasteiger partial charge in [0.1, 0.15) is 17.5 Å². The summed E-state index contributed by atoms with van der Waals surface area (Å²) in [5.74, 6) is 0.417. The van der Waals surface area contributed by atoms with Crippen molar-refractivity contribution in [3.63, 3.8) is 0 Å². The van der Waals surface area contributed by atoms with Gasteiger partial charge in [-0.2, -0.15) is 0 Å². The number of hydrogen-bond donors (Lipinski definition) is 0. The van der Waals surface area contributed by atoms with Crippen LogP contribution in [0.1, 0.15) is 16.7 Å². The van der Waals surface area contributed by atoms with Gasteiger partial charge in [-0.15, -0.1) is 0 Å². The highest BCUT2D eigenvalue weighted by atomic mass is 35.5. The van der Waals surface area contributed by atoms with Crippen molar-refractivity contribution in [2.45, 2.75) is 20.5 Å². The number of nitro benzene ring substituents is 1. The number of ether oxygens (including phenoxy) is 1. The molecule has 3 aromatic rings. The van der Waals surface area contributed by atoms with Crippen molar-refractivity contribution in [1.82, 2.24) is 4.98 Å². The standard InChI is InChI=1S/C18H15ClN2O3/c1-11-6-7-13-8-14(18(19)20-17(13)12(11)2)10-24-16-5-3-4-15(9-16)21(22)23/h3-9H,10H2,1-2H3. The minimum Gasteiger partial charge on any atom is -0.489 e. The Balaban J connectivity index is 1.88. The van der Waals surface area contributed by atoms with E-state index in [1.165, 1.54) is 12.1 Å². The van der Waals surface area contributed by atoms with Crippen molar-refractivity contribution in [2.75, 3.05) is 0 Å². The highest BCUT2D eigenvalue weighted by molar-refractivity contribution is 6.30. The van der Waals surface area contributed by atoms with E-state index in [2.05, 4.69) is 4.98 Å². The van der Waals surface area contributed by atoms with Gasteiger partial charge in [0.05, 0.1) is 16.5 Å². The number of hydrogen-bond acceptors (Lipinski definition) is 4. The van der Waals surface area contributed by atoms with Crippen molar-refractivity contribution in [1.29, 1.82) is 0 Å². The van der Waals surface area contributed by atoms with Crippen LogP contribution in [-0.4, -0.2) is 9.91 Å². The van der Waals surface area contributed by atoms with E-state index in [-0.39, 0.29) is 12.3 Å². The zero-order valence-corrected chi connectivity index (χ0v) is 14.0. The molecule has 1 aromatic heterocycles. The highest BCUT2D eigenvalue weighted by Gasteiger charge is 2.10. The van der Waals surface area contributed by atoms with Crippen LogP contribution in [0.5, 0.6) is 5.75 Å². The van der Waals surface area contributed by atoms with Crippen LogP contribution in [0.15, 0.2) is 42.5 Å². The molecular weight excluding hydrogens is 328 g/mol. The Morgan fingerprint density at radius 2 is 2.00 bits per heavy atom. The third-order valence-electron chi connectivity index (χ3n) is 3.96. The van der Waals surface area contributed by atoms with Crippen LogP contribution >= 0.6 is 11.6 Å². The van der Waals surface area contributed by atoms with E-state index in [1.807, 2.05) is 32.0 Å². The van der Waals surface area contributed by atoms with E-state index in [4.69, 9.17) is 16.3 Å². The topological polar surface area (TPSA) is 65.3 Å². The third-order valence-corrected chi connectivity index (χ3v) is 4.29. The second-order valence-corrected chi connectivity index (χ2v) is 5.92. The first kappa shape index (κ1) is 16.2. The number of halogens is 1. The Kier molecular flexibility index (Phi) is 4.36. The van der Waals surface area contributed by atoms with Crippen molar-refractivity contribution >= 4 is 28.2 Å². The molecule has 122 valence electrons. The summed E-state index contributed by atoms with van der Waals surface area (Å²) in [6.45, 7) is 4.24. The van der Waals surface area contributed by atoms with Gasteiger partial charge in [-0.1, -0.05) is 29.8 Å². The first-order valence-corrected chi connectivity index (χ1v) is 7.76. The summed E-state index contributed by atoms with van der Waals surface area (Å²) in [6, 6.07) is 12.0. The van der Waals surface area contributed by atoms with E-state index in [0.717, 1.165) is 27.6 Å². The second-order valence-electron chi connectivity index (χ2n) is 5.56. The molecule has 1 heterocycles. The molecule has 0 fully saturated rings. The van der Waals surface area contributed by atoms with Gasteiger partial charge >= 0.3 is 0 Å². The quantitative estimate of drug-likeness (QED) is 0.380. The molecule has 0 bridgehead atoms. The molecule has 0 saturated heterocycles. The lowest BCUT2D eigenvalue weighted by atomic mass is 10.0. The van der Waals surface area contributed by atoms with Crippen molar-refractivity contribution < 1.29 is 9.66 Å². The average molecular weight is 343 g/mol. The lowest BCUT2D eigenvalue weighted by Gasteiger charge is -2.11. The van der Waals surface area contributed by atoms with Crippen molar-refractivity contribution in [2.24, 2.45) is 0 Å². The fraction of sp³-hybridized carbons (Fsp3) is 0.167. The SMILES string of the molecule is Cc1ccc2cc(COc3cccc([N+](=O)[O-])c3)c(Cl)nc2c1C. The lowest BCUT2D eigenvalue weighted by molar-refractivity contribution is -0.384. The Hall–Kier alpha value is -2.66. The van der Waals surface area contributed by atoms with Gasteiger partial charge in [-0.05, 0) is 37.1 Å². The van der Waals surface area contributed by atoms with E-state index >= 15 is 0 Å². The van der Waals surface area contributed by atoms with Crippen LogP contribution in [-0.2, 0) is 6.61 Å². The van der Waals surface area contributed by atoms with E-state index in [1.54, 1.807) is 12.1 Å². The monoisotopic (exact) mass is 342 g/mol. The number of nitro groups is 1. The fourth-order valence-electron chi connectivity index (χ4n) is 2.45. The molecule has 0 aliphatic heterocycles. The summed E-state index contributed by atoms with van der Waals surface area (Å²) in [5, 5.41) is 12.2. The number of pyridine rings is 1. The largest absolute Gasteiger partial charge is 0.489 e.